The fraction of sp³-hybridized carbons (Fsp3) is 0.615. The van der Waals surface area contributed by atoms with Crippen LogP contribution in [0, 0.1) is 5.41 Å². The summed E-state index contributed by atoms with van der Waals surface area (Å²) in [4.78, 5) is 4.54. The summed E-state index contributed by atoms with van der Waals surface area (Å²) in [5.41, 5.74) is 0.865. The Morgan fingerprint density at radius 2 is 1.82 bits per heavy atom. The zero-order valence-electron chi connectivity index (χ0n) is 11.0. The van der Waals surface area contributed by atoms with Crippen molar-refractivity contribution in [3.05, 3.63) is 28.5 Å². The van der Waals surface area contributed by atoms with Gasteiger partial charge in [0.05, 0.1) is 6.10 Å². The van der Waals surface area contributed by atoms with Crippen molar-refractivity contribution in [2.75, 3.05) is 0 Å². The summed E-state index contributed by atoms with van der Waals surface area (Å²) in [6.45, 7) is 10.8. The topological polar surface area (TPSA) is 22.1 Å². The van der Waals surface area contributed by atoms with E-state index in [0.29, 0.717) is 0 Å². The first-order chi connectivity index (χ1) is 7.69. The summed E-state index contributed by atoms with van der Waals surface area (Å²) in [5.74, 6) is 0. The molecule has 4 heteroatoms. The lowest BCUT2D eigenvalue weighted by atomic mass is 9.71. The molecule has 2 nitrogen and oxygen atoms in total. The zero-order valence-corrected chi connectivity index (χ0v) is 13.6. The fourth-order valence-electron chi connectivity index (χ4n) is 2.31. The van der Waals surface area contributed by atoms with Gasteiger partial charge >= 0.3 is 0 Å². The van der Waals surface area contributed by atoms with E-state index in [1.165, 1.54) is 0 Å². The maximum Gasteiger partial charge on any atom is 0.246 e. The molecule has 17 heavy (non-hydrogen) atoms. The minimum absolute atomic E-state index is 0.0217. The second kappa shape index (κ2) is 5.20. The first-order valence-electron chi connectivity index (χ1n) is 5.65. The minimum Gasteiger partial charge on any atom is -0.414 e. The third kappa shape index (κ3) is 3.39. The molecular formula is C13H19BrNOSi. The molecule has 0 aliphatic rings. The van der Waals surface area contributed by atoms with Crippen molar-refractivity contribution in [2.45, 2.75) is 46.1 Å². The molecular weight excluding hydrogens is 294 g/mol. The quantitative estimate of drug-likeness (QED) is 0.628. The van der Waals surface area contributed by atoms with E-state index in [1.54, 1.807) is 0 Å². The number of pyridine rings is 1. The third-order valence-electron chi connectivity index (χ3n) is 2.94. The number of hydrogen-bond acceptors (Lipinski definition) is 2. The Hall–Kier alpha value is -0.193. The summed E-state index contributed by atoms with van der Waals surface area (Å²) in [6.07, 6.45) is 0.0217. The molecule has 0 aliphatic heterocycles. The van der Waals surface area contributed by atoms with E-state index in [1.807, 2.05) is 18.2 Å². The van der Waals surface area contributed by atoms with Gasteiger partial charge in [0.25, 0.3) is 0 Å². The van der Waals surface area contributed by atoms with Crippen LogP contribution in [0.3, 0.4) is 0 Å². The second-order valence-electron chi connectivity index (χ2n) is 5.93. The van der Waals surface area contributed by atoms with Gasteiger partial charge in [-0.1, -0.05) is 40.7 Å². The van der Waals surface area contributed by atoms with Crippen molar-refractivity contribution in [3.63, 3.8) is 0 Å². The molecule has 0 saturated carbocycles. The van der Waals surface area contributed by atoms with Gasteiger partial charge in [0.2, 0.25) is 10.5 Å². The van der Waals surface area contributed by atoms with Gasteiger partial charge in [0.1, 0.15) is 4.60 Å². The third-order valence-corrected chi connectivity index (χ3v) is 3.61. The van der Waals surface area contributed by atoms with Crippen LogP contribution in [0.4, 0.5) is 0 Å². The molecule has 3 radical (unpaired) electrons. The highest BCUT2D eigenvalue weighted by Gasteiger charge is 2.40. The molecule has 1 aromatic heterocycles. The van der Waals surface area contributed by atoms with Gasteiger partial charge in [-0.15, -0.1) is 0 Å². The Kier molecular flexibility index (Phi) is 4.55. The molecule has 0 saturated heterocycles. The van der Waals surface area contributed by atoms with Crippen LogP contribution in [0.25, 0.3) is 0 Å². The SMILES string of the molecule is CC(C)(C)C(O[Si])C(C)(C)c1cccc(Br)n1. The number of nitrogens with zero attached hydrogens (tertiary/aromatic N) is 1. The second-order valence-corrected chi connectivity index (χ2v) is 6.98. The normalized spacial score (nSPS) is 14.8. The molecule has 93 valence electrons. The minimum atomic E-state index is -0.177. The molecule has 1 atom stereocenters. The van der Waals surface area contributed by atoms with Crippen LogP contribution < -0.4 is 0 Å². The molecule has 0 aliphatic carbocycles. The van der Waals surface area contributed by atoms with Gasteiger partial charge < -0.3 is 4.43 Å². The van der Waals surface area contributed by atoms with E-state index in [-0.39, 0.29) is 16.9 Å². The predicted molar refractivity (Wildman–Crippen MR) is 75.0 cm³/mol. The van der Waals surface area contributed by atoms with Gasteiger partial charge in [-0.25, -0.2) is 4.98 Å². The molecule has 0 N–H and O–H groups in total. The molecule has 1 heterocycles. The maximum absolute atomic E-state index is 5.52. The van der Waals surface area contributed by atoms with E-state index in [2.05, 4.69) is 66.0 Å². The van der Waals surface area contributed by atoms with Crippen LogP contribution in [0.5, 0.6) is 0 Å². The summed E-state index contributed by atoms with van der Waals surface area (Å²) in [6, 6.07) is 5.97. The molecule has 0 fully saturated rings. The Morgan fingerprint density at radius 1 is 1.24 bits per heavy atom. The highest BCUT2D eigenvalue weighted by molar-refractivity contribution is 9.10. The summed E-state index contributed by atoms with van der Waals surface area (Å²) < 4.78 is 6.38. The lowest BCUT2D eigenvalue weighted by Gasteiger charge is -2.41. The van der Waals surface area contributed by atoms with Crippen molar-refractivity contribution in [3.8, 4) is 0 Å². The number of halogens is 1. The Labute approximate surface area is 116 Å². The molecule has 1 aromatic rings. The van der Waals surface area contributed by atoms with Crippen molar-refractivity contribution in [2.24, 2.45) is 5.41 Å². The van der Waals surface area contributed by atoms with E-state index in [4.69, 9.17) is 4.43 Å². The first kappa shape index (κ1) is 14.9. The monoisotopic (exact) mass is 312 g/mol. The van der Waals surface area contributed by atoms with E-state index in [0.717, 1.165) is 10.3 Å². The van der Waals surface area contributed by atoms with Crippen LogP contribution in [-0.4, -0.2) is 21.6 Å². The van der Waals surface area contributed by atoms with Crippen LogP contribution in [0.2, 0.25) is 0 Å². The lowest BCUT2D eigenvalue weighted by Crippen LogP contribution is -2.45. The van der Waals surface area contributed by atoms with Gasteiger partial charge in [0, 0.05) is 11.1 Å². The van der Waals surface area contributed by atoms with E-state index in [9.17, 15) is 0 Å². The first-order valence-corrected chi connectivity index (χ1v) is 6.85. The predicted octanol–water partition coefficient (Wildman–Crippen LogP) is 3.64. The lowest BCUT2D eigenvalue weighted by molar-refractivity contribution is 0.0329. The van der Waals surface area contributed by atoms with Crippen LogP contribution >= 0.6 is 15.9 Å². The summed E-state index contributed by atoms with van der Waals surface area (Å²) in [5, 5.41) is 0. The Bertz CT molecular complexity index is 387. The smallest absolute Gasteiger partial charge is 0.246 e. The average molecular weight is 313 g/mol. The van der Waals surface area contributed by atoms with Gasteiger partial charge in [-0.2, -0.15) is 0 Å². The van der Waals surface area contributed by atoms with Crippen LogP contribution in [0.15, 0.2) is 22.8 Å². The number of rotatable bonds is 3. The molecule has 0 aromatic carbocycles. The molecule has 1 rings (SSSR count). The highest BCUT2D eigenvalue weighted by atomic mass is 79.9. The van der Waals surface area contributed by atoms with Crippen molar-refractivity contribution >= 4 is 26.4 Å². The standard InChI is InChI=1S/C13H19BrNOSi/c1-12(2,3)11(16-17)13(4,5)9-7-6-8-10(14)15-9/h6-8,11H,1-5H3. The molecule has 0 spiro atoms. The maximum atomic E-state index is 5.52. The van der Waals surface area contributed by atoms with Crippen molar-refractivity contribution < 1.29 is 4.43 Å². The van der Waals surface area contributed by atoms with E-state index < -0.39 is 0 Å². The molecule has 0 amide bonds. The van der Waals surface area contributed by atoms with Crippen molar-refractivity contribution in [1.82, 2.24) is 4.98 Å². The van der Waals surface area contributed by atoms with Crippen LogP contribution in [-0.2, 0) is 9.84 Å². The number of aromatic nitrogens is 1. The summed E-state index contributed by atoms with van der Waals surface area (Å²) >= 11 is 3.41. The van der Waals surface area contributed by atoms with Gasteiger partial charge in [-0.05, 0) is 33.5 Å². The number of hydrogen-bond donors (Lipinski definition) is 0. The van der Waals surface area contributed by atoms with Gasteiger partial charge in [0.15, 0.2) is 0 Å². The fourth-order valence-corrected chi connectivity index (χ4v) is 3.30. The molecule has 0 bridgehead atoms. The van der Waals surface area contributed by atoms with Crippen molar-refractivity contribution in [1.29, 1.82) is 0 Å². The Balaban J connectivity index is 3.17. The highest BCUT2D eigenvalue weighted by Crippen LogP contribution is 2.38. The molecule has 1 unspecified atom stereocenters. The Morgan fingerprint density at radius 3 is 2.24 bits per heavy atom. The van der Waals surface area contributed by atoms with E-state index >= 15 is 0 Å². The average Bonchev–Trinajstić information content (AvgIpc) is 2.15. The largest absolute Gasteiger partial charge is 0.414 e. The van der Waals surface area contributed by atoms with Gasteiger partial charge in [-0.3, -0.25) is 0 Å². The zero-order chi connectivity index (χ0) is 13.3. The van der Waals surface area contributed by atoms with Crippen LogP contribution in [0.1, 0.15) is 40.3 Å². The summed E-state index contributed by atoms with van der Waals surface area (Å²) in [7, 11) is 3.22.